The van der Waals surface area contributed by atoms with Crippen molar-refractivity contribution < 1.29 is 15.3 Å². The van der Waals surface area contributed by atoms with Crippen molar-refractivity contribution in [2.45, 2.75) is 105 Å². The van der Waals surface area contributed by atoms with Crippen molar-refractivity contribution in [2.24, 2.45) is 17.8 Å². The highest BCUT2D eigenvalue weighted by Crippen LogP contribution is 2.46. The Morgan fingerprint density at radius 2 is 1.94 bits per heavy atom. The topological polar surface area (TPSA) is 87.7 Å². The van der Waals surface area contributed by atoms with Crippen LogP contribution in [0, 0.1) is 29.1 Å². The van der Waals surface area contributed by atoms with Crippen LogP contribution < -0.4 is 0 Å². The monoisotopic (exact) mass is 468 g/mol. The largest absolute Gasteiger partial charge is 0.377 e. The van der Waals surface area contributed by atoms with Crippen molar-refractivity contribution in [3.63, 3.8) is 0 Å². The Balaban J connectivity index is 1.43. The van der Waals surface area contributed by atoms with Crippen molar-refractivity contribution in [2.75, 3.05) is 6.54 Å². The third kappa shape index (κ3) is 5.62. The van der Waals surface area contributed by atoms with Crippen LogP contribution in [0.5, 0.6) is 0 Å². The standard InChI is InChI=1S/C24H37ClN2O3S/c25-19-2-1-3-20-22(19)31-21(12-15-8-10-18(11-9-15)24(29)30)23(28)27(20)14-17-6-4-16(13-26)5-7-17/h6,15-16,18-24,28-30H,1-5,7-12,14H2. The van der Waals surface area contributed by atoms with Crippen molar-refractivity contribution in [3.8, 4) is 6.07 Å². The van der Waals surface area contributed by atoms with Gasteiger partial charge in [-0.15, -0.1) is 23.4 Å². The van der Waals surface area contributed by atoms with Crippen LogP contribution in [0.15, 0.2) is 11.6 Å². The fourth-order valence-corrected chi connectivity index (χ4v) is 8.49. The lowest BCUT2D eigenvalue weighted by Gasteiger charge is -2.52. The van der Waals surface area contributed by atoms with E-state index in [1.165, 1.54) is 5.57 Å². The number of aliphatic hydroxyl groups excluding tert-OH is 2. The summed E-state index contributed by atoms with van der Waals surface area (Å²) in [5, 5.41) is 40.3. The molecule has 3 N–H and O–H groups in total. The van der Waals surface area contributed by atoms with E-state index in [0.717, 1.165) is 77.2 Å². The van der Waals surface area contributed by atoms with Gasteiger partial charge in [0, 0.05) is 34.4 Å². The minimum atomic E-state index is -1.20. The van der Waals surface area contributed by atoms with Gasteiger partial charge in [0.1, 0.15) is 6.23 Å². The minimum Gasteiger partial charge on any atom is -0.377 e. The first kappa shape index (κ1) is 23.9. The zero-order valence-corrected chi connectivity index (χ0v) is 19.9. The van der Waals surface area contributed by atoms with Gasteiger partial charge in [0.25, 0.3) is 0 Å². The van der Waals surface area contributed by atoms with E-state index >= 15 is 0 Å². The molecule has 4 rings (SSSR count). The van der Waals surface area contributed by atoms with Gasteiger partial charge in [0.2, 0.25) is 0 Å². The highest BCUT2D eigenvalue weighted by molar-refractivity contribution is 8.00. The number of aliphatic hydroxyl groups is 3. The Morgan fingerprint density at radius 3 is 2.58 bits per heavy atom. The Bertz CT molecular complexity index is 676. The summed E-state index contributed by atoms with van der Waals surface area (Å²) in [5.41, 5.74) is 1.36. The SMILES string of the molecule is N#CC1CC=C(CN2C(O)C(CC3CCC(C(O)O)CC3)SC3C(Cl)CCCC32)CC1. The van der Waals surface area contributed by atoms with E-state index in [9.17, 15) is 20.6 Å². The van der Waals surface area contributed by atoms with E-state index in [-0.39, 0.29) is 22.5 Å². The molecule has 0 spiro atoms. The Morgan fingerprint density at radius 1 is 1.16 bits per heavy atom. The first-order chi connectivity index (χ1) is 15.0. The molecule has 1 heterocycles. The number of allylic oxidation sites excluding steroid dienone is 1. The van der Waals surface area contributed by atoms with Crippen LogP contribution in [0.25, 0.3) is 0 Å². The van der Waals surface area contributed by atoms with Gasteiger partial charge in [-0.1, -0.05) is 18.1 Å². The highest BCUT2D eigenvalue weighted by atomic mass is 35.5. The van der Waals surface area contributed by atoms with Gasteiger partial charge < -0.3 is 15.3 Å². The van der Waals surface area contributed by atoms with Gasteiger partial charge in [0.15, 0.2) is 6.29 Å². The summed E-state index contributed by atoms with van der Waals surface area (Å²) in [6, 6.07) is 2.71. The van der Waals surface area contributed by atoms with Crippen LogP contribution in [0.3, 0.4) is 0 Å². The third-order valence-corrected chi connectivity index (χ3v) is 10.5. The first-order valence-corrected chi connectivity index (χ1v) is 13.5. The Hall–Kier alpha value is -0.290. The molecular formula is C24H37ClN2O3S. The van der Waals surface area contributed by atoms with Crippen LogP contribution in [0.4, 0.5) is 0 Å². The van der Waals surface area contributed by atoms with E-state index in [1.54, 1.807) is 0 Å². The van der Waals surface area contributed by atoms with Gasteiger partial charge in [-0.2, -0.15) is 5.26 Å². The van der Waals surface area contributed by atoms with Crippen molar-refractivity contribution in [1.29, 1.82) is 5.26 Å². The summed E-state index contributed by atoms with van der Waals surface area (Å²) in [4.78, 5) is 2.34. The Labute approximate surface area is 195 Å². The maximum Gasteiger partial charge on any atom is 0.154 e. The quantitative estimate of drug-likeness (QED) is 0.321. The number of nitriles is 1. The number of rotatable bonds is 5. The number of halogens is 1. The molecule has 3 fully saturated rings. The molecule has 5 nitrogen and oxygen atoms in total. The number of hydrogen-bond acceptors (Lipinski definition) is 6. The fourth-order valence-electron chi connectivity index (χ4n) is 6.13. The molecule has 174 valence electrons. The highest BCUT2D eigenvalue weighted by Gasteiger charge is 2.47. The number of hydrogen-bond donors (Lipinski definition) is 3. The lowest BCUT2D eigenvalue weighted by Crippen LogP contribution is -2.60. The molecule has 0 amide bonds. The van der Waals surface area contributed by atoms with Crippen LogP contribution in [-0.4, -0.2) is 61.2 Å². The van der Waals surface area contributed by atoms with Gasteiger partial charge >= 0.3 is 0 Å². The molecule has 6 atom stereocenters. The van der Waals surface area contributed by atoms with Gasteiger partial charge in [-0.05, 0) is 70.1 Å². The average molecular weight is 469 g/mol. The molecule has 0 bridgehead atoms. The maximum absolute atomic E-state index is 11.5. The molecule has 31 heavy (non-hydrogen) atoms. The molecular weight excluding hydrogens is 432 g/mol. The number of alkyl halides is 1. The maximum atomic E-state index is 11.5. The van der Waals surface area contributed by atoms with Crippen molar-refractivity contribution in [3.05, 3.63) is 11.6 Å². The van der Waals surface area contributed by atoms with Crippen LogP contribution in [0.1, 0.15) is 70.6 Å². The van der Waals surface area contributed by atoms with E-state index in [2.05, 4.69) is 17.0 Å². The van der Waals surface area contributed by atoms with Crippen LogP contribution >= 0.6 is 23.4 Å². The summed E-state index contributed by atoms with van der Waals surface area (Å²) in [6.07, 6.45) is 11.2. The van der Waals surface area contributed by atoms with Gasteiger partial charge in [-0.25, -0.2) is 0 Å². The van der Waals surface area contributed by atoms with Crippen molar-refractivity contribution >= 4 is 23.4 Å². The molecule has 0 aromatic carbocycles. The third-order valence-electron chi connectivity index (χ3n) is 8.10. The van der Waals surface area contributed by atoms with E-state index in [4.69, 9.17) is 11.6 Å². The smallest absolute Gasteiger partial charge is 0.154 e. The van der Waals surface area contributed by atoms with E-state index in [1.807, 2.05) is 11.8 Å². The normalized spacial score (nSPS) is 42.0. The molecule has 4 aliphatic rings. The summed E-state index contributed by atoms with van der Waals surface area (Å²) in [7, 11) is 0. The zero-order valence-electron chi connectivity index (χ0n) is 18.3. The number of nitrogens with zero attached hydrogens (tertiary/aromatic N) is 2. The molecule has 1 aliphatic heterocycles. The lowest BCUT2D eigenvalue weighted by molar-refractivity contribution is -0.0968. The number of fused-ring (bicyclic) bond motifs is 1. The van der Waals surface area contributed by atoms with Gasteiger partial charge in [0.05, 0.1) is 12.0 Å². The summed E-state index contributed by atoms with van der Waals surface area (Å²) in [5.74, 6) is 0.672. The molecule has 3 aliphatic carbocycles. The summed E-state index contributed by atoms with van der Waals surface area (Å²) >= 11 is 8.73. The summed E-state index contributed by atoms with van der Waals surface area (Å²) in [6.45, 7) is 0.796. The molecule has 0 aromatic heterocycles. The minimum absolute atomic E-state index is 0.00195. The predicted molar refractivity (Wildman–Crippen MR) is 124 cm³/mol. The second kappa shape index (κ2) is 10.8. The summed E-state index contributed by atoms with van der Waals surface area (Å²) < 4.78 is 0. The van der Waals surface area contributed by atoms with Crippen molar-refractivity contribution in [1.82, 2.24) is 4.90 Å². The second-order valence-corrected chi connectivity index (χ2v) is 12.1. The molecule has 1 saturated heterocycles. The fraction of sp³-hybridized carbons (Fsp3) is 0.875. The zero-order chi connectivity index (χ0) is 22.0. The molecule has 7 heteroatoms. The van der Waals surface area contributed by atoms with Gasteiger partial charge in [-0.3, -0.25) is 4.90 Å². The molecule has 6 unspecified atom stereocenters. The second-order valence-electron chi connectivity index (χ2n) is 10.1. The molecule has 0 aromatic rings. The predicted octanol–water partition coefficient (Wildman–Crippen LogP) is 4.01. The molecule has 2 saturated carbocycles. The lowest BCUT2D eigenvalue weighted by atomic mass is 9.79. The molecule has 0 radical (unpaired) electrons. The van der Waals surface area contributed by atoms with E-state index < -0.39 is 12.5 Å². The Kier molecular flexibility index (Phi) is 8.28. The van der Waals surface area contributed by atoms with E-state index in [0.29, 0.717) is 17.2 Å². The average Bonchev–Trinajstić information content (AvgIpc) is 2.78. The number of thioether (sulfide) groups is 1. The first-order valence-electron chi connectivity index (χ1n) is 12.1. The van der Waals surface area contributed by atoms with Crippen LogP contribution in [0.2, 0.25) is 0 Å². The van der Waals surface area contributed by atoms with Crippen LogP contribution in [-0.2, 0) is 0 Å².